The lowest BCUT2D eigenvalue weighted by Gasteiger charge is -2.09. The summed E-state index contributed by atoms with van der Waals surface area (Å²) in [6, 6.07) is 8.09. The topological polar surface area (TPSA) is 12.4 Å². The minimum Gasteiger partial charge on any atom is -0.266 e. The Bertz CT molecular complexity index is 488. The first-order valence-electron chi connectivity index (χ1n) is 7.97. The predicted molar refractivity (Wildman–Crippen MR) is 95.3 cm³/mol. The van der Waals surface area contributed by atoms with Crippen LogP contribution in [0.15, 0.2) is 41.0 Å². The van der Waals surface area contributed by atoms with Gasteiger partial charge in [-0.2, -0.15) is 0 Å². The standard InChI is InChI=1S/C19H28ClN/c1-5-6-8-16(3)17(4)21-14-15(2)11-12-18-9-7-10-19(20)13-18/h7,9-10,13-14,16H,5-6,8,11-12H2,1-4H3/b15-14+,21-17?. The summed E-state index contributed by atoms with van der Waals surface area (Å²) in [4.78, 5) is 4.64. The molecule has 0 radical (unpaired) electrons. The summed E-state index contributed by atoms with van der Waals surface area (Å²) in [5.74, 6) is 0.585. The molecular weight excluding hydrogens is 278 g/mol. The van der Waals surface area contributed by atoms with Gasteiger partial charge >= 0.3 is 0 Å². The molecule has 21 heavy (non-hydrogen) atoms. The van der Waals surface area contributed by atoms with Crippen LogP contribution in [0.3, 0.4) is 0 Å². The van der Waals surface area contributed by atoms with Crippen molar-refractivity contribution in [1.29, 1.82) is 0 Å². The third-order valence-corrected chi connectivity index (χ3v) is 4.12. The molecule has 1 unspecified atom stereocenters. The number of benzene rings is 1. The number of hydrogen-bond donors (Lipinski definition) is 0. The quantitative estimate of drug-likeness (QED) is 0.488. The summed E-state index contributed by atoms with van der Waals surface area (Å²) < 4.78 is 0. The van der Waals surface area contributed by atoms with Crippen molar-refractivity contribution in [3.05, 3.63) is 46.6 Å². The van der Waals surface area contributed by atoms with E-state index in [1.165, 1.54) is 36.1 Å². The van der Waals surface area contributed by atoms with Gasteiger partial charge in [-0.05, 0) is 56.7 Å². The fraction of sp³-hybridized carbons (Fsp3) is 0.526. The third kappa shape index (κ3) is 7.47. The molecule has 0 fully saturated rings. The van der Waals surface area contributed by atoms with E-state index in [1.807, 2.05) is 24.4 Å². The monoisotopic (exact) mass is 305 g/mol. The zero-order chi connectivity index (χ0) is 15.7. The lowest BCUT2D eigenvalue weighted by molar-refractivity contribution is 0.622. The van der Waals surface area contributed by atoms with Crippen molar-refractivity contribution in [2.45, 2.75) is 59.8 Å². The highest BCUT2D eigenvalue weighted by Gasteiger charge is 2.04. The summed E-state index contributed by atoms with van der Waals surface area (Å²) in [7, 11) is 0. The molecule has 0 saturated heterocycles. The SMILES string of the molecule is CCCCC(C)C(C)=N/C=C(\C)CCc1cccc(Cl)c1. The van der Waals surface area contributed by atoms with Crippen LogP contribution in [0.4, 0.5) is 0 Å². The largest absolute Gasteiger partial charge is 0.266 e. The van der Waals surface area contributed by atoms with Crippen LogP contribution >= 0.6 is 11.6 Å². The Hall–Kier alpha value is -1.08. The normalized spacial score (nSPS) is 14.3. The average molecular weight is 306 g/mol. The van der Waals surface area contributed by atoms with Gasteiger partial charge in [0.2, 0.25) is 0 Å². The van der Waals surface area contributed by atoms with Crippen LogP contribution in [0.2, 0.25) is 5.02 Å². The molecule has 0 heterocycles. The van der Waals surface area contributed by atoms with Crippen molar-refractivity contribution >= 4 is 17.3 Å². The molecule has 1 aromatic carbocycles. The molecule has 0 spiro atoms. The number of allylic oxidation sites excluding steroid dienone is 1. The van der Waals surface area contributed by atoms with E-state index in [0.717, 1.165) is 17.9 Å². The Morgan fingerprint density at radius 3 is 2.76 bits per heavy atom. The zero-order valence-electron chi connectivity index (χ0n) is 13.8. The van der Waals surface area contributed by atoms with Crippen LogP contribution in [0, 0.1) is 5.92 Å². The Kier molecular flexibility index (Phi) is 8.37. The molecule has 0 bridgehead atoms. The van der Waals surface area contributed by atoms with Gasteiger partial charge < -0.3 is 0 Å². The maximum Gasteiger partial charge on any atom is 0.0408 e. The molecule has 1 atom stereocenters. The molecule has 2 heteroatoms. The first-order chi connectivity index (χ1) is 10.0. The summed E-state index contributed by atoms with van der Waals surface area (Å²) in [5.41, 5.74) is 3.84. The fourth-order valence-electron chi connectivity index (χ4n) is 2.16. The molecule has 0 aliphatic rings. The highest BCUT2D eigenvalue weighted by molar-refractivity contribution is 6.30. The van der Waals surface area contributed by atoms with Gasteiger partial charge in [0.15, 0.2) is 0 Å². The summed E-state index contributed by atoms with van der Waals surface area (Å²) in [6.07, 6.45) is 7.85. The lowest BCUT2D eigenvalue weighted by Crippen LogP contribution is -2.06. The van der Waals surface area contributed by atoms with E-state index in [9.17, 15) is 0 Å². The van der Waals surface area contributed by atoms with Gasteiger partial charge in [0, 0.05) is 16.9 Å². The Balaban J connectivity index is 2.48. The van der Waals surface area contributed by atoms with Crippen molar-refractivity contribution in [1.82, 2.24) is 0 Å². The van der Waals surface area contributed by atoms with Gasteiger partial charge in [-0.15, -0.1) is 0 Å². The van der Waals surface area contributed by atoms with E-state index >= 15 is 0 Å². The third-order valence-electron chi connectivity index (χ3n) is 3.89. The van der Waals surface area contributed by atoms with Gasteiger partial charge in [-0.3, -0.25) is 4.99 Å². The van der Waals surface area contributed by atoms with Gasteiger partial charge in [0.1, 0.15) is 0 Å². The first-order valence-corrected chi connectivity index (χ1v) is 8.35. The van der Waals surface area contributed by atoms with Crippen molar-refractivity contribution in [3.8, 4) is 0 Å². The van der Waals surface area contributed by atoms with Crippen LogP contribution < -0.4 is 0 Å². The Morgan fingerprint density at radius 1 is 1.33 bits per heavy atom. The molecule has 0 amide bonds. The van der Waals surface area contributed by atoms with E-state index in [1.54, 1.807) is 0 Å². The second-order valence-corrected chi connectivity index (χ2v) is 6.36. The van der Waals surface area contributed by atoms with Crippen LogP contribution in [0.5, 0.6) is 0 Å². The summed E-state index contributed by atoms with van der Waals surface area (Å²) >= 11 is 6.00. The van der Waals surface area contributed by atoms with E-state index in [2.05, 4.69) is 38.8 Å². The molecule has 1 nitrogen and oxygen atoms in total. The van der Waals surface area contributed by atoms with E-state index in [-0.39, 0.29) is 0 Å². The molecule has 0 saturated carbocycles. The number of rotatable bonds is 8. The van der Waals surface area contributed by atoms with Crippen LogP contribution in [-0.2, 0) is 6.42 Å². The number of halogens is 1. The second kappa shape index (κ2) is 9.78. The van der Waals surface area contributed by atoms with Crippen LogP contribution in [0.1, 0.15) is 58.9 Å². The van der Waals surface area contributed by atoms with Crippen molar-refractivity contribution in [2.75, 3.05) is 0 Å². The molecular formula is C19H28ClN. The van der Waals surface area contributed by atoms with E-state index < -0.39 is 0 Å². The number of aliphatic imine (C=N–C) groups is 1. The smallest absolute Gasteiger partial charge is 0.0408 e. The minimum absolute atomic E-state index is 0.585. The van der Waals surface area contributed by atoms with Crippen molar-refractivity contribution in [2.24, 2.45) is 10.9 Å². The highest BCUT2D eigenvalue weighted by Crippen LogP contribution is 2.15. The molecule has 1 rings (SSSR count). The molecule has 0 aliphatic heterocycles. The van der Waals surface area contributed by atoms with Gasteiger partial charge in [0.05, 0.1) is 0 Å². The molecule has 0 aliphatic carbocycles. The maximum absolute atomic E-state index is 6.00. The molecule has 0 N–H and O–H groups in total. The van der Waals surface area contributed by atoms with Crippen molar-refractivity contribution < 1.29 is 0 Å². The zero-order valence-corrected chi connectivity index (χ0v) is 14.6. The Morgan fingerprint density at radius 2 is 2.10 bits per heavy atom. The molecule has 116 valence electrons. The fourth-order valence-corrected chi connectivity index (χ4v) is 2.37. The number of hydrogen-bond acceptors (Lipinski definition) is 1. The number of aryl methyl sites for hydroxylation is 1. The van der Waals surface area contributed by atoms with Crippen molar-refractivity contribution in [3.63, 3.8) is 0 Å². The average Bonchev–Trinajstić information content (AvgIpc) is 2.48. The van der Waals surface area contributed by atoms with Gasteiger partial charge in [-0.1, -0.05) is 56.0 Å². The van der Waals surface area contributed by atoms with E-state index in [0.29, 0.717) is 5.92 Å². The summed E-state index contributed by atoms with van der Waals surface area (Å²) in [5, 5.41) is 0.813. The van der Waals surface area contributed by atoms with Crippen LogP contribution in [-0.4, -0.2) is 5.71 Å². The number of unbranched alkanes of at least 4 members (excludes halogenated alkanes) is 1. The first kappa shape index (κ1) is 18.0. The second-order valence-electron chi connectivity index (χ2n) is 5.92. The lowest BCUT2D eigenvalue weighted by atomic mass is 10.00. The predicted octanol–water partition coefficient (Wildman–Crippen LogP) is 6.46. The summed E-state index contributed by atoms with van der Waals surface area (Å²) in [6.45, 7) is 8.79. The molecule has 0 aromatic heterocycles. The van der Waals surface area contributed by atoms with Gasteiger partial charge in [0.25, 0.3) is 0 Å². The highest BCUT2D eigenvalue weighted by atomic mass is 35.5. The molecule has 1 aromatic rings. The van der Waals surface area contributed by atoms with E-state index in [4.69, 9.17) is 11.6 Å². The minimum atomic E-state index is 0.585. The number of nitrogens with zero attached hydrogens (tertiary/aromatic N) is 1. The van der Waals surface area contributed by atoms with Crippen LogP contribution in [0.25, 0.3) is 0 Å². The van der Waals surface area contributed by atoms with Gasteiger partial charge in [-0.25, -0.2) is 0 Å². The maximum atomic E-state index is 6.00. The Labute approximate surface area is 135 Å².